The molecular weight excluding hydrogens is 480 g/mol. The van der Waals surface area contributed by atoms with Crippen LogP contribution >= 0.6 is 0 Å². The van der Waals surface area contributed by atoms with Gasteiger partial charge in [0.05, 0.1) is 0 Å². The van der Waals surface area contributed by atoms with Crippen LogP contribution in [0.5, 0.6) is 0 Å². The van der Waals surface area contributed by atoms with Crippen molar-refractivity contribution in [1.29, 1.82) is 0 Å². The number of allylic oxidation sites excluding steroid dienone is 4. The van der Waals surface area contributed by atoms with Gasteiger partial charge in [-0.1, -0.05) is 0 Å². The Kier molecular flexibility index (Phi) is 6.79. The summed E-state index contributed by atoms with van der Waals surface area (Å²) in [6.07, 6.45) is 9.63. The average Bonchev–Trinajstić information content (AvgIpc) is 3.37. The zero-order valence-electron chi connectivity index (χ0n) is 21.4. The van der Waals surface area contributed by atoms with Gasteiger partial charge in [-0.2, -0.15) is 0 Å². The molecule has 0 amide bonds. The van der Waals surface area contributed by atoms with Crippen molar-refractivity contribution in [2.75, 3.05) is 0 Å². The summed E-state index contributed by atoms with van der Waals surface area (Å²) in [6, 6.07) is 15.1. The quantitative estimate of drug-likeness (QED) is 0.307. The third-order valence-corrected chi connectivity index (χ3v) is 28.6. The Hall–Kier alpha value is -0.980. The third kappa shape index (κ3) is 4.39. The molecule has 0 fully saturated rings. The second kappa shape index (κ2) is 8.99. The van der Waals surface area contributed by atoms with Crippen molar-refractivity contribution in [1.82, 2.24) is 0 Å². The van der Waals surface area contributed by atoms with E-state index in [2.05, 4.69) is 104 Å². The van der Waals surface area contributed by atoms with Crippen LogP contribution in [-0.2, 0) is 37.6 Å². The van der Waals surface area contributed by atoms with E-state index < -0.39 is 20.4 Å². The van der Waals surface area contributed by atoms with Gasteiger partial charge in [-0.25, -0.2) is 0 Å². The molecule has 0 aromatic heterocycles. The molecule has 0 aliphatic heterocycles. The molecule has 0 bridgehead atoms. The SMILES string of the molecule is CC[Si](CC)=[Zr]([C]1=CC=CC1)[c]1c(C(C)(C)C)ccc2c1Cc1cc(C(C)(C)C)ccc1-2. The first-order valence-electron chi connectivity index (χ1n) is 12.4. The molecule has 0 radical (unpaired) electrons. The van der Waals surface area contributed by atoms with Gasteiger partial charge in [-0.15, -0.1) is 0 Å². The Labute approximate surface area is 204 Å². The average molecular weight is 520 g/mol. The van der Waals surface area contributed by atoms with Crippen LogP contribution in [0.15, 0.2) is 51.8 Å². The van der Waals surface area contributed by atoms with Crippen molar-refractivity contribution in [2.24, 2.45) is 0 Å². The van der Waals surface area contributed by atoms with Gasteiger partial charge >= 0.3 is 205 Å². The number of fused-ring (bicyclic) bond motifs is 3. The molecule has 2 aliphatic carbocycles. The Bertz CT molecular complexity index is 1140. The van der Waals surface area contributed by atoms with Gasteiger partial charge in [0.15, 0.2) is 0 Å². The van der Waals surface area contributed by atoms with Gasteiger partial charge in [0.1, 0.15) is 0 Å². The monoisotopic (exact) mass is 518 g/mol. The predicted octanol–water partition coefficient (Wildman–Crippen LogP) is 7.97. The van der Waals surface area contributed by atoms with E-state index in [-0.39, 0.29) is 16.3 Å². The second-order valence-electron chi connectivity index (χ2n) is 11.6. The zero-order chi connectivity index (χ0) is 23.3. The van der Waals surface area contributed by atoms with Crippen LogP contribution in [0.2, 0.25) is 12.1 Å². The fourth-order valence-electron chi connectivity index (χ4n) is 5.45. The van der Waals surface area contributed by atoms with Crippen molar-refractivity contribution >= 4 is 8.70 Å². The molecule has 0 spiro atoms. The summed E-state index contributed by atoms with van der Waals surface area (Å²) in [4.78, 5) is 0. The van der Waals surface area contributed by atoms with Crippen LogP contribution in [-0.4, -0.2) is 5.43 Å². The first-order chi connectivity index (χ1) is 15.1. The van der Waals surface area contributed by atoms with Crippen molar-refractivity contribution < 1.29 is 20.4 Å². The molecular formula is C30H40SiZr. The maximum atomic E-state index is 2.52. The van der Waals surface area contributed by atoms with Gasteiger partial charge < -0.3 is 0 Å². The summed E-state index contributed by atoms with van der Waals surface area (Å²) in [5, 5.41) is 0. The van der Waals surface area contributed by atoms with E-state index in [1.165, 1.54) is 29.6 Å². The number of benzene rings is 2. The van der Waals surface area contributed by atoms with Gasteiger partial charge in [-0.05, 0) is 0 Å². The van der Waals surface area contributed by atoms with Crippen molar-refractivity contribution in [3.63, 3.8) is 0 Å². The molecule has 0 unspecified atom stereocenters. The van der Waals surface area contributed by atoms with Gasteiger partial charge in [0.25, 0.3) is 0 Å². The molecule has 0 N–H and O–H groups in total. The Balaban J connectivity index is 2.00. The molecule has 2 heteroatoms. The topological polar surface area (TPSA) is 0 Å². The van der Waals surface area contributed by atoms with E-state index in [0.717, 1.165) is 6.42 Å². The van der Waals surface area contributed by atoms with Crippen molar-refractivity contribution in [2.45, 2.75) is 91.1 Å². The summed E-state index contributed by atoms with van der Waals surface area (Å²) < 4.78 is 3.74. The Morgan fingerprint density at radius 3 is 2.12 bits per heavy atom. The summed E-state index contributed by atoms with van der Waals surface area (Å²) in [5.74, 6) is 0. The van der Waals surface area contributed by atoms with Gasteiger partial charge in [0, 0.05) is 0 Å². The standard InChI is InChI=1S/C21H25.C5H5.C4H10Si.Zr/c1-20(2,3)16-7-9-18-14(12-16)11-15-13-17(21(4,5)6)8-10-19(15)18;1-2-4-5-3-1;1-3-5-4-2;/h7-10,12H,11H2,1-6H3;1-3H,4H2;3-4H2,1-2H3;. The van der Waals surface area contributed by atoms with Crippen LogP contribution in [0.25, 0.3) is 11.1 Å². The van der Waals surface area contributed by atoms with Crippen LogP contribution < -0.4 is 3.27 Å². The fourth-order valence-corrected chi connectivity index (χ4v) is 26.7. The second-order valence-corrected chi connectivity index (χ2v) is 27.0. The molecule has 2 aliphatic rings. The summed E-state index contributed by atoms with van der Waals surface area (Å²) in [7, 11) is 0. The summed E-state index contributed by atoms with van der Waals surface area (Å²) in [5.41, 5.74) is 9.51. The Morgan fingerprint density at radius 2 is 1.56 bits per heavy atom. The van der Waals surface area contributed by atoms with Gasteiger partial charge in [-0.3, -0.25) is 0 Å². The molecule has 0 saturated heterocycles. The first-order valence-corrected chi connectivity index (χ1v) is 20.5. The molecule has 0 nitrogen and oxygen atoms in total. The van der Waals surface area contributed by atoms with E-state index in [1.54, 1.807) is 22.3 Å². The first kappa shape index (κ1) is 24.2. The number of hydrogen-bond donors (Lipinski definition) is 0. The van der Waals surface area contributed by atoms with E-state index in [4.69, 9.17) is 0 Å². The normalized spacial score (nSPS) is 14.9. The fraction of sp³-hybridized carbons (Fsp3) is 0.467. The van der Waals surface area contributed by atoms with Gasteiger partial charge in [0.2, 0.25) is 0 Å². The summed E-state index contributed by atoms with van der Waals surface area (Å²) in [6.45, 7) is 19.3. The molecule has 168 valence electrons. The van der Waals surface area contributed by atoms with Crippen LogP contribution in [0.4, 0.5) is 0 Å². The van der Waals surface area contributed by atoms with Crippen LogP contribution in [0.3, 0.4) is 0 Å². The molecule has 4 rings (SSSR count). The van der Waals surface area contributed by atoms with E-state index in [0.29, 0.717) is 0 Å². The maximum absolute atomic E-state index is 2.52. The summed E-state index contributed by atoms with van der Waals surface area (Å²) >= 11 is -1.98. The minimum atomic E-state index is -1.98. The molecule has 32 heavy (non-hydrogen) atoms. The zero-order valence-corrected chi connectivity index (χ0v) is 24.9. The van der Waals surface area contributed by atoms with Crippen molar-refractivity contribution in [3.8, 4) is 11.1 Å². The van der Waals surface area contributed by atoms with E-state index >= 15 is 0 Å². The molecule has 0 heterocycles. The molecule has 0 atom stereocenters. The number of hydrogen-bond acceptors (Lipinski definition) is 0. The van der Waals surface area contributed by atoms with Crippen LogP contribution in [0.1, 0.15) is 84.1 Å². The predicted molar refractivity (Wildman–Crippen MR) is 140 cm³/mol. The molecule has 2 aromatic carbocycles. The molecule has 2 aromatic rings. The third-order valence-electron chi connectivity index (χ3n) is 7.30. The number of rotatable bonds is 4. The van der Waals surface area contributed by atoms with E-state index in [9.17, 15) is 0 Å². The van der Waals surface area contributed by atoms with Crippen LogP contribution in [0, 0.1) is 0 Å². The minimum absolute atomic E-state index is 0.197. The van der Waals surface area contributed by atoms with Crippen molar-refractivity contribution in [3.05, 3.63) is 74.1 Å². The molecule has 0 saturated carbocycles. The van der Waals surface area contributed by atoms with E-state index in [1.807, 2.05) is 6.55 Å². The Morgan fingerprint density at radius 1 is 0.875 bits per heavy atom.